The number of hydrogen-bond donors (Lipinski definition) is 1. The molecule has 0 bridgehead atoms. The number of hydrogen-bond acceptors (Lipinski definition) is 1. The maximum absolute atomic E-state index is 12.4. The fourth-order valence-electron chi connectivity index (χ4n) is 1.71. The Bertz CT molecular complexity index is 696. The topological polar surface area (TPSA) is 32.9 Å². The number of benzene rings is 1. The van der Waals surface area contributed by atoms with Crippen molar-refractivity contribution in [2.45, 2.75) is 12.4 Å². The quantitative estimate of drug-likeness (QED) is 0.791. The molecule has 0 saturated heterocycles. The Morgan fingerprint density at radius 3 is 1.76 bits per heavy atom. The zero-order chi connectivity index (χ0) is 15.8. The predicted octanol–water partition coefficient (Wildman–Crippen LogP) is 4.08. The molecule has 1 heterocycles. The van der Waals surface area contributed by atoms with Crippen molar-refractivity contribution in [2.75, 3.05) is 0 Å². The molecule has 21 heavy (non-hydrogen) atoms. The van der Waals surface area contributed by atoms with Gasteiger partial charge in [-0.3, -0.25) is 4.79 Å². The van der Waals surface area contributed by atoms with E-state index in [2.05, 4.69) is 0 Å². The molecule has 1 aromatic heterocycles. The summed E-state index contributed by atoms with van der Waals surface area (Å²) in [4.78, 5) is 13.2. The van der Waals surface area contributed by atoms with E-state index in [4.69, 9.17) is 0 Å². The normalized spacial score (nSPS) is 12.5. The number of halogens is 6. The summed E-state index contributed by atoms with van der Waals surface area (Å²) < 4.78 is 74.4. The third kappa shape index (κ3) is 3.26. The molecule has 1 N–H and O–H groups in total. The molecule has 0 fully saturated rings. The molecule has 0 aliphatic carbocycles. The summed E-state index contributed by atoms with van der Waals surface area (Å²) in [5.41, 5.74) is -3.20. The largest absolute Gasteiger partial charge is 0.431 e. The van der Waals surface area contributed by atoms with Crippen LogP contribution < -0.4 is 5.56 Å². The summed E-state index contributed by atoms with van der Waals surface area (Å²) in [6.07, 6.45) is -9.22. The molecule has 2 rings (SSSR count). The van der Waals surface area contributed by atoms with E-state index in [0.717, 1.165) is 30.3 Å². The smallest absolute Gasteiger partial charge is 0.318 e. The Balaban J connectivity index is 2.42. The van der Waals surface area contributed by atoms with E-state index in [1.165, 1.54) is 0 Å². The molecule has 1 aromatic carbocycles. The molecule has 0 aliphatic heterocycles. The highest BCUT2D eigenvalue weighted by atomic mass is 19.4. The standard InChI is InChI=1S/C13H7F6NO/c14-12(15,16)8-3-1-7(2-4-8)9-5-6-10(13(17,18)19)20-11(9)21/h1-6H,(H,20,21). The maximum Gasteiger partial charge on any atom is 0.431 e. The molecule has 0 radical (unpaired) electrons. The highest BCUT2D eigenvalue weighted by Gasteiger charge is 2.32. The second-order valence-corrected chi connectivity index (χ2v) is 4.19. The lowest BCUT2D eigenvalue weighted by molar-refractivity contribution is -0.141. The number of alkyl halides is 6. The minimum Gasteiger partial charge on any atom is -0.318 e. The monoisotopic (exact) mass is 307 g/mol. The van der Waals surface area contributed by atoms with Crippen molar-refractivity contribution in [3.8, 4) is 11.1 Å². The van der Waals surface area contributed by atoms with Crippen LogP contribution >= 0.6 is 0 Å². The second-order valence-electron chi connectivity index (χ2n) is 4.19. The van der Waals surface area contributed by atoms with E-state index < -0.39 is 29.2 Å². The average molecular weight is 307 g/mol. The molecule has 0 saturated carbocycles. The van der Waals surface area contributed by atoms with Crippen molar-refractivity contribution < 1.29 is 26.3 Å². The molecule has 2 aromatic rings. The lowest BCUT2D eigenvalue weighted by atomic mass is 10.0. The summed E-state index contributed by atoms with van der Waals surface area (Å²) >= 11 is 0. The first-order valence-corrected chi connectivity index (χ1v) is 5.57. The first-order valence-electron chi connectivity index (χ1n) is 5.57. The van der Waals surface area contributed by atoms with Crippen LogP contribution in [0.3, 0.4) is 0 Å². The van der Waals surface area contributed by atoms with Gasteiger partial charge >= 0.3 is 12.4 Å². The van der Waals surface area contributed by atoms with Crippen LogP contribution in [0.4, 0.5) is 26.3 Å². The number of H-pyrrole nitrogens is 1. The molecular weight excluding hydrogens is 300 g/mol. The number of pyridine rings is 1. The van der Waals surface area contributed by atoms with Crippen LogP contribution in [-0.4, -0.2) is 4.98 Å². The summed E-state index contributed by atoms with van der Waals surface area (Å²) in [7, 11) is 0. The van der Waals surface area contributed by atoms with Gasteiger partial charge in [0.05, 0.1) is 5.56 Å². The molecular formula is C13H7F6NO. The summed E-state index contributed by atoms with van der Waals surface area (Å²) in [5, 5.41) is 0. The van der Waals surface area contributed by atoms with Crippen molar-refractivity contribution >= 4 is 0 Å². The van der Waals surface area contributed by atoms with Gasteiger partial charge in [-0.25, -0.2) is 0 Å². The van der Waals surface area contributed by atoms with Gasteiger partial charge in [-0.15, -0.1) is 0 Å². The Hall–Kier alpha value is -2.25. The van der Waals surface area contributed by atoms with Crippen LogP contribution in [0.5, 0.6) is 0 Å². The zero-order valence-corrected chi connectivity index (χ0v) is 10.1. The van der Waals surface area contributed by atoms with Gasteiger partial charge in [0.1, 0.15) is 5.69 Å². The van der Waals surface area contributed by atoms with E-state index in [1.807, 2.05) is 0 Å². The van der Waals surface area contributed by atoms with Crippen LogP contribution in [0.1, 0.15) is 11.3 Å². The van der Waals surface area contributed by atoms with Gasteiger partial charge in [0.2, 0.25) is 0 Å². The van der Waals surface area contributed by atoms with Crippen molar-refractivity contribution in [2.24, 2.45) is 0 Å². The maximum atomic E-state index is 12.4. The van der Waals surface area contributed by atoms with Gasteiger partial charge in [0, 0.05) is 5.56 Å². The lowest BCUT2D eigenvalue weighted by Gasteiger charge is -2.09. The van der Waals surface area contributed by atoms with Gasteiger partial charge < -0.3 is 4.98 Å². The molecule has 0 atom stereocenters. The van der Waals surface area contributed by atoms with E-state index in [9.17, 15) is 31.1 Å². The number of rotatable bonds is 1. The highest BCUT2D eigenvalue weighted by Crippen LogP contribution is 2.31. The third-order valence-electron chi connectivity index (χ3n) is 2.74. The molecule has 0 spiro atoms. The van der Waals surface area contributed by atoms with Gasteiger partial charge in [-0.05, 0) is 29.8 Å². The summed E-state index contributed by atoms with van der Waals surface area (Å²) in [5.74, 6) is 0. The van der Waals surface area contributed by atoms with E-state index in [0.29, 0.717) is 6.07 Å². The van der Waals surface area contributed by atoms with Crippen LogP contribution in [-0.2, 0) is 12.4 Å². The minimum atomic E-state index is -4.70. The van der Waals surface area contributed by atoms with Crippen LogP contribution in [0.2, 0.25) is 0 Å². The predicted molar refractivity (Wildman–Crippen MR) is 62.5 cm³/mol. The highest BCUT2D eigenvalue weighted by molar-refractivity contribution is 5.62. The van der Waals surface area contributed by atoms with E-state index in [-0.39, 0.29) is 11.1 Å². The third-order valence-corrected chi connectivity index (χ3v) is 2.74. The SMILES string of the molecule is O=c1[nH]c(C(F)(F)F)ccc1-c1ccc(C(F)(F)F)cc1. The molecule has 2 nitrogen and oxygen atoms in total. The number of aromatic amines is 1. The van der Waals surface area contributed by atoms with Crippen molar-refractivity contribution in [1.29, 1.82) is 0 Å². The van der Waals surface area contributed by atoms with Gasteiger partial charge in [0.25, 0.3) is 5.56 Å². The summed E-state index contributed by atoms with van der Waals surface area (Å²) in [6.45, 7) is 0. The van der Waals surface area contributed by atoms with E-state index >= 15 is 0 Å². The fraction of sp³-hybridized carbons (Fsp3) is 0.154. The Kier molecular flexibility index (Phi) is 3.56. The number of nitrogens with one attached hydrogen (secondary N) is 1. The lowest BCUT2D eigenvalue weighted by Crippen LogP contribution is -2.17. The minimum absolute atomic E-state index is 0.0953. The molecule has 0 aliphatic rings. The average Bonchev–Trinajstić information content (AvgIpc) is 2.36. The van der Waals surface area contributed by atoms with Crippen LogP contribution in [0, 0.1) is 0 Å². The first-order chi connectivity index (χ1) is 9.59. The molecule has 8 heteroatoms. The Morgan fingerprint density at radius 1 is 0.762 bits per heavy atom. The van der Waals surface area contributed by atoms with Gasteiger partial charge in [0.15, 0.2) is 0 Å². The Labute approximate surface area is 114 Å². The van der Waals surface area contributed by atoms with Gasteiger partial charge in [-0.1, -0.05) is 12.1 Å². The summed E-state index contributed by atoms with van der Waals surface area (Å²) in [6, 6.07) is 5.15. The van der Waals surface area contributed by atoms with Crippen molar-refractivity contribution in [3.63, 3.8) is 0 Å². The fourth-order valence-corrected chi connectivity index (χ4v) is 1.71. The van der Waals surface area contributed by atoms with Crippen molar-refractivity contribution in [1.82, 2.24) is 4.98 Å². The molecule has 0 unspecified atom stereocenters. The molecule has 112 valence electrons. The number of aromatic nitrogens is 1. The van der Waals surface area contributed by atoms with E-state index in [1.54, 1.807) is 4.98 Å². The Morgan fingerprint density at radius 2 is 1.33 bits per heavy atom. The van der Waals surface area contributed by atoms with Crippen LogP contribution in [0.25, 0.3) is 11.1 Å². The first kappa shape index (κ1) is 15.1. The van der Waals surface area contributed by atoms with Crippen molar-refractivity contribution in [3.05, 3.63) is 58.0 Å². The van der Waals surface area contributed by atoms with Gasteiger partial charge in [-0.2, -0.15) is 26.3 Å². The zero-order valence-electron chi connectivity index (χ0n) is 10.1. The molecule has 0 amide bonds. The second kappa shape index (κ2) is 4.94. The van der Waals surface area contributed by atoms with Crippen LogP contribution in [0.15, 0.2) is 41.2 Å².